The third-order valence-electron chi connectivity index (χ3n) is 2.79. The van der Waals surface area contributed by atoms with Crippen LogP contribution in [0.25, 0.3) is 0 Å². The quantitative estimate of drug-likeness (QED) is 0.566. The third-order valence-corrected chi connectivity index (χ3v) is 4.90. The Balaban J connectivity index is 2.04. The van der Waals surface area contributed by atoms with Crippen molar-refractivity contribution in [3.8, 4) is 0 Å². The molecule has 0 unspecified atom stereocenters. The van der Waals surface area contributed by atoms with Gasteiger partial charge in [-0.05, 0) is 27.7 Å². The van der Waals surface area contributed by atoms with Crippen LogP contribution in [0.15, 0.2) is 0 Å². The number of nitrogens with one attached hydrogen (secondary N) is 2. The number of carbonyl (C=O) groups excluding carboxylic acids is 2. The number of nitrogens with zero attached hydrogens (tertiary/aromatic N) is 2. The normalized spacial score (nSPS) is 10.3. The molecule has 2 N–H and O–H groups in total. The first-order valence-corrected chi connectivity index (χ1v) is 8.90. The molecule has 0 aliphatic rings. The molecule has 0 atom stereocenters. The zero-order valence-corrected chi connectivity index (χ0v) is 15.4. The first kappa shape index (κ1) is 18.1. The molecule has 24 heavy (non-hydrogen) atoms. The number of aryl methyl sites for hydroxylation is 2. The van der Waals surface area contributed by atoms with Gasteiger partial charge in [0.1, 0.15) is 9.75 Å². The molecule has 0 aromatic carbocycles. The van der Waals surface area contributed by atoms with Crippen LogP contribution in [0.1, 0.15) is 44.6 Å². The van der Waals surface area contributed by atoms with Gasteiger partial charge in [-0.25, -0.2) is 19.6 Å². The SMILES string of the molecule is CCOC(=O)c1sc(NNc2nc(C)c(C(=O)OCC)s2)nc1C. The van der Waals surface area contributed by atoms with Gasteiger partial charge in [0.05, 0.1) is 24.6 Å². The molecular formula is C14H18N4O4S2. The van der Waals surface area contributed by atoms with Crippen molar-refractivity contribution < 1.29 is 19.1 Å². The fourth-order valence-corrected chi connectivity index (χ4v) is 3.41. The number of thiazole rings is 2. The second-order valence-electron chi connectivity index (χ2n) is 4.56. The first-order chi connectivity index (χ1) is 11.5. The van der Waals surface area contributed by atoms with Gasteiger partial charge in [0.2, 0.25) is 10.3 Å². The maximum Gasteiger partial charge on any atom is 0.350 e. The molecule has 0 aliphatic carbocycles. The molecule has 2 rings (SSSR count). The van der Waals surface area contributed by atoms with Crippen molar-refractivity contribution in [1.82, 2.24) is 9.97 Å². The highest BCUT2D eigenvalue weighted by atomic mass is 32.1. The van der Waals surface area contributed by atoms with Gasteiger partial charge in [-0.3, -0.25) is 10.9 Å². The number of hydrogen-bond donors (Lipinski definition) is 2. The Morgan fingerprint density at radius 2 is 1.25 bits per heavy atom. The van der Waals surface area contributed by atoms with E-state index in [4.69, 9.17) is 9.47 Å². The van der Waals surface area contributed by atoms with E-state index in [9.17, 15) is 9.59 Å². The van der Waals surface area contributed by atoms with Crippen molar-refractivity contribution in [3.05, 3.63) is 21.1 Å². The van der Waals surface area contributed by atoms with Crippen LogP contribution in [0.5, 0.6) is 0 Å². The van der Waals surface area contributed by atoms with Crippen molar-refractivity contribution in [2.75, 3.05) is 24.1 Å². The number of carbonyl (C=O) groups is 2. The summed E-state index contributed by atoms with van der Waals surface area (Å²) in [7, 11) is 0. The van der Waals surface area contributed by atoms with E-state index in [0.717, 1.165) is 0 Å². The predicted octanol–water partition coefficient (Wildman–Crippen LogP) is 3.01. The third kappa shape index (κ3) is 4.20. The van der Waals surface area contributed by atoms with Crippen LogP contribution >= 0.6 is 22.7 Å². The highest BCUT2D eigenvalue weighted by Crippen LogP contribution is 2.26. The molecule has 130 valence electrons. The Morgan fingerprint density at radius 1 is 0.875 bits per heavy atom. The van der Waals surface area contributed by atoms with Crippen LogP contribution in [0, 0.1) is 13.8 Å². The lowest BCUT2D eigenvalue weighted by atomic mass is 10.4. The molecule has 2 aromatic heterocycles. The monoisotopic (exact) mass is 370 g/mol. The van der Waals surface area contributed by atoms with E-state index in [1.807, 2.05) is 0 Å². The number of rotatable bonds is 7. The molecule has 2 aromatic rings. The van der Waals surface area contributed by atoms with E-state index in [0.29, 0.717) is 44.6 Å². The summed E-state index contributed by atoms with van der Waals surface area (Å²) < 4.78 is 9.95. The van der Waals surface area contributed by atoms with Crippen molar-refractivity contribution in [1.29, 1.82) is 0 Å². The van der Waals surface area contributed by atoms with Gasteiger partial charge >= 0.3 is 11.9 Å². The Morgan fingerprint density at radius 3 is 1.58 bits per heavy atom. The van der Waals surface area contributed by atoms with Crippen LogP contribution < -0.4 is 10.9 Å². The summed E-state index contributed by atoms with van der Waals surface area (Å²) in [6.45, 7) is 7.60. The molecule has 0 bridgehead atoms. The highest BCUT2D eigenvalue weighted by Gasteiger charge is 2.18. The summed E-state index contributed by atoms with van der Waals surface area (Å²) in [5, 5.41) is 1.00. The average molecular weight is 370 g/mol. The fraction of sp³-hybridized carbons (Fsp3) is 0.429. The summed E-state index contributed by atoms with van der Waals surface area (Å²) in [6.07, 6.45) is 0. The second kappa shape index (κ2) is 8.06. The number of aromatic nitrogens is 2. The molecule has 0 fully saturated rings. The van der Waals surface area contributed by atoms with Gasteiger partial charge in [0, 0.05) is 0 Å². The maximum absolute atomic E-state index is 11.8. The number of hydrazine groups is 1. The van der Waals surface area contributed by atoms with Crippen LogP contribution in [-0.2, 0) is 9.47 Å². The van der Waals surface area contributed by atoms with Crippen molar-refractivity contribution in [2.24, 2.45) is 0 Å². The minimum absolute atomic E-state index is 0.312. The molecule has 8 nitrogen and oxygen atoms in total. The van der Waals surface area contributed by atoms with Crippen molar-refractivity contribution in [2.45, 2.75) is 27.7 Å². The Labute approximate surface area is 147 Å². The molecule has 0 radical (unpaired) electrons. The van der Waals surface area contributed by atoms with Crippen molar-refractivity contribution in [3.63, 3.8) is 0 Å². The Hall–Kier alpha value is -2.20. The average Bonchev–Trinajstić information content (AvgIpc) is 3.08. The zero-order valence-electron chi connectivity index (χ0n) is 13.8. The smallest absolute Gasteiger partial charge is 0.350 e. The lowest BCUT2D eigenvalue weighted by Crippen LogP contribution is -2.07. The van der Waals surface area contributed by atoms with Crippen LogP contribution in [0.2, 0.25) is 0 Å². The molecule has 0 spiro atoms. The standard InChI is InChI=1S/C14H18N4O4S2/c1-5-21-11(19)9-7(3)15-13(23-9)17-18-14-16-8(4)10(24-14)12(20)22-6-2/h5-6H2,1-4H3,(H,15,17)(H,16,18). The Kier molecular flexibility index (Phi) is 6.10. The summed E-state index contributed by atoms with van der Waals surface area (Å²) in [4.78, 5) is 33.0. The number of anilines is 2. The molecule has 2 heterocycles. The van der Waals surface area contributed by atoms with Gasteiger partial charge in [-0.2, -0.15) is 0 Å². The van der Waals surface area contributed by atoms with Crippen LogP contribution in [-0.4, -0.2) is 35.1 Å². The van der Waals surface area contributed by atoms with Crippen LogP contribution in [0.3, 0.4) is 0 Å². The van der Waals surface area contributed by atoms with E-state index >= 15 is 0 Å². The molecule has 0 saturated heterocycles. The lowest BCUT2D eigenvalue weighted by molar-refractivity contribution is 0.0521. The summed E-state index contributed by atoms with van der Waals surface area (Å²) in [5.74, 6) is -0.787. The number of hydrogen-bond acceptors (Lipinski definition) is 10. The summed E-state index contributed by atoms with van der Waals surface area (Å²) in [6, 6.07) is 0. The minimum atomic E-state index is -0.393. The van der Waals surface area contributed by atoms with E-state index < -0.39 is 11.9 Å². The summed E-state index contributed by atoms with van der Waals surface area (Å²) in [5.41, 5.74) is 6.93. The topological polar surface area (TPSA) is 102 Å². The zero-order chi connectivity index (χ0) is 17.7. The van der Waals surface area contributed by atoms with E-state index in [1.54, 1.807) is 27.7 Å². The van der Waals surface area contributed by atoms with Gasteiger partial charge in [-0.1, -0.05) is 22.7 Å². The second-order valence-corrected chi connectivity index (χ2v) is 6.56. The minimum Gasteiger partial charge on any atom is -0.462 e. The van der Waals surface area contributed by atoms with E-state index in [2.05, 4.69) is 20.8 Å². The molecular weight excluding hydrogens is 352 g/mol. The van der Waals surface area contributed by atoms with Gasteiger partial charge < -0.3 is 9.47 Å². The number of ether oxygens (including phenoxy) is 2. The lowest BCUT2D eigenvalue weighted by Gasteiger charge is -2.01. The largest absolute Gasteiger partial charge is 0.462 e. The Bertz CT molecular complexity index is 679. The maximum atomic E-state index is 11.8. The fourth-order valence-electron chi connectivity index (χ4n) is 1.78. The molecule has 0 aliphatic heterocycles. The highest BCUT2D eigenvalue weighted by molar-refractivity contribution is 7.18. The predicted molar refractivity (Wildman–Crippen MR) is 92.9 cm³/mol. The van der Waals surface area contributed by atoms with Gasteiger partial charge in [0.15, 0.2) is 0 Å². The molecule has 10 heteroatoms. The van der Waals surface area contributed by atoms with Crippen LogP contribution in [0.4, 0.5) is 10.3 Å². The van der Waals surface area contributed by atoms with Crippen molar-refractivity contribution >= 4 is 44.9 Å². The molecule has 0 saturated carbocycles. The van der Waals surface area contributed by atoms with Gasteiger partial charge in [0.25, 0.3) is 0 Å². The van der Waals surface area contributed by atoms with E-state index in [1.165, 1.54) is 22.7 Å². The molecule has 0 amide bonds. The van der Waals surface area contributed by atoms with Gasteiger partial charge in [-0.15, -0.1) is 0 Å². The van der Waals surface area contributed by atoms with E-state index in [-0.39, 0.29) is 0 Å². The number of esters is 2. The first-order valence-electron chi connectivity index (χ1n) is 7.27. The summed E-state index contributed by atoms with van der Waals surface area (Å²) >= 11 is 2.36.